The van der Waals surface area contributed by atoms with E-state index in [-0.39, 0.29) is 5.91 Å². The van der Waals surface area contributed by atoms with E-state index in [9.17, 15) is 4.79 Å². The van der Waals surface area contributed by atoms with Gasteiger partial charge in [0.05, 0.1) is 31.2 Å². The van der Waals surface area contributed by atoms with Crippen molar-refractivity contribution in [3.8, 4) is 0 Å². The number of carbonyl (C=O) groups is 1. The van der Waals surface area contributed by atoms with Crippen LogP contribution in [-0.2, 0) is 13.1 Å². The van der Waals surface area contributed by atoms with Crippen LogP contribution in [0.15, 0.2) is 39.6 Å². The summed E-state index contributed by atoms with van der Waals surface area (Å²) in [4.78, 5) is 13.9. The lowest BCUT2D eigenvalue weighted by Gasteiger charge is -2.19. The molecule has 3 rings (SSSR count). The molecule has 1 saturated carbocycles. The van der Waals surface area contributed by atoms with Crippen molar-refractivity contribution < 1.29 is 13.6 Å². The minimum atomic E-state index is -0.331. The number of nitrogens with zero attached hydrogens (tertiary/aromatic N) is 1. The van der Waals surface area contributed by atoms with E-state index in [0.29, 0.717) is 30.5 Å². The number of nitrogens with one attached hydrogen (secondary N) is 1. The standard InChI is InChI=1S/C14H17N3O3/c15-16-14(18)12-5-7-20-13(12)9-17(10-3-4-10)8-11-2-1-6-19-11/h1-2,5-7,10H,3-4,8-9,15H2,(H,16,18). The second-order valence-electron chi connectivity index (χ2n) is 4.95. The second kappa shape index (κ2) is 5.52. The van der Waals surface area contributed by atoms with Crippen LogP contribution in [0.25, 0.3) is 0 Å². The van der Waals surface area contributed by atoms with E-state index in [1.165, 1.54) is 19.1 Å². The first-order valence-electron chi connectivity index (χ1n) is 6.61. The predicted molar refractivity (Wildman–Crippen MR) is 71.3 cm³/mol. The van der Waals surface area contributed by atoms with E-state index in [1.807, 2.05) is 12.1 Å². The molecule has 0 spiro atoms. The number of nitrogen functional groups attached to an aromatic ring is 1. The maximum Gasteiger partial charge on any atom is 0.268 e. The van der Waals surface area contributed by atoms with Crippen LogP contribution in [0.2, 0.25) is 0 Å². The van der Waals surface area contributed by atoms with E-state index < -0.39 is 0 Å². The number of rotatable bonds is 6. The van der Waals surface area contributed by atoms with Crippen molar-refractivity contribution in [2.45, 2.75) is 32.0 Å². The van der Waals surface area contributed by atoms with Gasteiger partial charge in [0.1, 0.15) is 11.5 Å². The molecule has 0 atom stereocenters. The zero-order valence-electron chi connectivity index (χ0n) is 11.0. The third kappa shape index (κ3) is 2.76. The quantitative estimate of drug-likeness (QED) is 0.475. The maximum absolute atomic E-state index is 11.6. The summed E-state index contributed by atoms with van der Waals surface area (Å²) in [7, 11) is 0. The first kappa shape index (κ1) is 13.0. The van der Waals surface area contributed by atoms with Crippen molar-refractivity contribution in [1.29, 1.82) is 0 Å². The molecule has 2 aromatic heterocycles. The Morgan fingerprint density at radius 1 is 1.30 bits per heavy atom. The van der Waals surface area contributed by atoms with Crippen LogP contribution in [0.1, 0.15) is 34.7 Å². The normalized spacial score (nSPS) is 14.7. The number of furan rings is 2. The van der Waals surface area contributed by atoms with Crippen LogP contribution in [0.5, 0.6) is 0 Å². The Balaban J connectivity index is 1.73. The van der Waals surface area contributed by atoms with Gasteiger partial charge < -0.3 is 8.83 Å². The highest BCUT2D eigenvalue weighted by Crippen LogP contribution is 2.30. The number of hydrogen-bond acceptors (Lipinski definition) is 5. The van der Waals surface area contributed by atoms with Crippen LogP contribution in [0, 0.1) is 0 Å². The van der Waals surface area contributed by atoms with Gasteiger partial charge in [-0.2, -0.15) is 0 Å². The highest BCUT2D eigenvalue weighted by atomic mass is 16.3. The largest absolute Gasteiger partial charge is 0.468 e. The number of hydrogen-bond donors (Lipinski definition) is 2. The van der Waals surface area contributed by atoms with E-state index in [2.05, 4.69) is 10.3 Å². The number of amides is 1. The Bertz CT molecular complexity index is 572. The van der Waals surface area contributed by atoms with Crippen molar-refractivity contribution in [3.05, 3.63) is 47.8 Å². The maximum atomic E-state index is 11.6. The zero-order chi connectivity index (χ0) is 13.9. The van der Waals surface area contributed by atoms with Gasteiger partial charge in [-0.3, -0.25) is 15.1 Å². The van der Waals surface area contributed by atoms with Crippen LogP contribution in [0.4, 0.5) is 0 Å². The lowest BCUT2D eigenvalue weighted by atomic mass is 10.2. The fourth-order valence-electron chi connectivity index (χ4n) is 2.28. The van der Waals surface area contributed by atoms with E-state index in [4.69, 9.17) is 14.7 Å². The van der Waals surface area contributed by atoms with E-state index in [1.54, 1.807) is 12.3 Å². The minimum absolute atomic E-state index is 0.331. The third-order valence-electron chi connectivity index (χ3n) is 3.47. The molecule has 0 unspecified atom stereocenters. The fourth-order valence-corrected chi connectivity index (χ4v) is 2.28. The van der Waals surface area contributed by atoms with Crippen molar-refractivity contribution >= 4 is 5.91 Å². The smallest absolute Gasteiger partial charge is 0.268 e. The van der Waals surface area contributed by atoms with Crippen LogP contribution < -0.4 is 11.3 Å². The minimum Gasteiger partial charge on any atom is -0.468 e. The van der Waals surface area contributed by atoms with Gasteiger partial charge in [-0.1, -0.05) is 0 Å². The van der Waals surface area contributed by atoms with Gasteiger partial charge in [-0.05, 0) is 31.0 Å². The molecular formula is C14H17N3O3. The molecule has 0 radical (unpaired) electrons. The molecule has 0 bridgehead atoms. The summed E-state index contributed by atoms with van der Waals surface area (Å²) < 4.78 is 10.8. The summed E-state index contributed by atoms with van der Waals surface area (Å²) in [5, 5.41) is 0. The first-order valence-corrected chi connectivity index (χ1v) is 6.61. The average Bonchev–Trinajstić information content (AvgIpc) is 2.99. The van der Waals surface area contributed by atoms with Gasteiger partial charge in [-0.15, -0.1) is 0 Å². The Labute approximate surface area is 116 Å². The average molecular weight is 275 g/mol. The molecule has 1 aliphatic carbocycles. The van der Waals surface area contributed by atoms with Gasteiger partial charge in [0.2, 0.25) is 0 Å². The topological polar surface area (TPSA) is 84.6 Å². The molecule has 20 heavy (non-hydrogen) atoms. The molecule has 0 aliphatic heterocycles. The number of nitrogens with two attached hydrogens (primary N) is 1. The zero-order valence-corrected chi connectivity index (χ0v) is 11.0. The second-order valence-corrected chi connectivity index (χ2v) is 4.95. The van der Waals surface area contributed by atoms with Gasteiger partial charge >= 0.3 is 0 Å². The molecule has 1 aliphatic rings. The van der Waals surface area contributed by atoms with Gasteiger partial charge in [0.15, 0.2) is 0 Å². The summed E-state index contributed by atoms with van der Waals surface area (Å²) in [6.07, 6.45) is 5.51. The summed E-state index contributed by atoms with van der Waals surface area (Å²) in [5.74, 6) is 6.39. The van der Waals surface area contributed by atoms with Crippen molar-refractivity contribution in [3.63, 3.8) is 0 Å². The van der Waals surface area contributed by atoms with Crippen LogP contribution >= 0.6 is 0 Å². The predicted octanol–water partition coefficient (Wildman–Crippen LogP) is 1.64. The highest BCUT2D eigenvalue weighted by Gasteiger charge is 2.31. The lowest BCUT2D eigenvalue weighted by Crippen LogP contribution is -2.31. The van der Waals surface area contributed by atoms with Gasteiger partial charge in [-0.25, -0.2) is 5.84 Å². The van der Waals surface area contributed by atoms with Crippen molar-refractivity contribution in [1.82, 2.24) is 10.3 Å². The summed E-state index contributed by atoms with van der Waals surface area (Å²) in [6, 6.07) is 5.99. The molecule has 0 aromatic carbocycles. The molecular weight excluding hydrogens is 258 g/mol. The summed E-state index contributed by atoms with van der Waals surface area (Å²) in [5.41, 5.74) is 2.62. The van der Waals surface area contributed by atoms with E-state index in [0.717, 1.165) is 5.76 Å². The lowest BCUT2D eigenvalue weighted by molar-refractivity contribution is 0.0949. The molecule has 1 fully saturated rings. The van der Waals surface area contributed by atoms with Gasteiger partial charge in [0, 0.05) is 6.04 Å². The Morgan fingerprint density at radius 2 is 2.15 bits per heavy atom. The van der Waals surface area contributed by atoms with Crippen molar-refractivity contribution in [2.24, 2.45) is 5.84 Å². The van der Waals surface area contributed by atoms with Gasteiger partial charge in [0.25, 0.3) is 5.91 Å². The summed E-state index contributed by atoms with van der Waals surface area (Å²) >= 11 is 0. The SMILES string of the molecule is NNC(=O)c1ccoc1CN(Cc1ccco1)C1CC1. The van der Waals surface area contributed by atoms with Crippen LogP contribution in [0.3, 0.4) is 0 Å². The molecule has 1 amide bonds. The monoisotopic (exact) mass is 275 g/mol. The number of hydrazine groups is 1. The first-order chi connectivity index (χ1) is 9.78. The third-order valence-corrected chi connectivity index (χ3v) is 3.47. The molecule has 6 heteroatoms. The molecule has 6 nitrogen and oxygen atoms in total. The number of carbonyl (C=O) groups excluding carboxylic acids is 1. The Kier molecular flexibility index (Phi) is 3.58. The fraction of sp³-hybridized carbons (Fsp3) is 0.357. The molecule has 106 valence electrons. The molecule has 0 saturated heterocycles. The Morgan fingerprint density at radius 3 is 2.80 bits per heavy atom. The van der Waals surface area contributed by atoms with Crippen LogP contribution in [-0.4, -0.2) is 16.8 Å². The molecule has 2 aromatic rings. The van der Waals surface area contributed by atoms with E-state index >= 15 is 0 Å². The highest BCUT2D eigenvalue weighted by molar-refractivity contribution is 5.94. The Hall–Kier alpha value is -2.05. The molecule has 2 heterocycles. The van der Waals surface area contributed by atoms with Crippen molar-refractivity contribution in [2.75, 3.05) is 0 Å². The summed E-state index contributed by atoms with van der Waals surface area (Å²) in [6.45, 7) is 1.28. The molecule has 3 N–H and O–H groups in total.